The van der Waals surface area contributed by atoms with Crippen LogP contribution in [-0.4, -0.2) is 42.9 Å². The van der Waals surface area contributed by atoms with Crippen LogP contribution in [-0.2, 0) is 29.4 Å². The van der Waals surface area contributed by atoms with Gasteiger partial charge in [-0.1, -0.05) is 32.9 Å². The van der Waals surface area contributed by atoms with Crippen molar-refractivity contribution < 1.29 is 13.2 Å². The molecular formula is C21H30N4O3S. The predicted molar refractivity (Wildman–Crippen MR) is 112 cm³/mol. The maximum Gasteiger partial charge on any atom is 0.272 e. The highest BCUT2D eigenvalue weighted by Crippen LogP contribution is 2.37. The molecule has 2 aromatic rings. The Morgan fingerprint density at radius 1 is 1.24 bits per heavy atom. The van der Waals surface area contributed by atoms with Gasteiger partial charge in [0, 0.05) is 31.9 Å². The van der Waals surface area contributed by atoms with Crippen LogP contribution in [0.1, 0.15) is 54.5 Å². The van der Waals surface area contributed by atoms with Crippen LogP contribution in [0.4, 0.5) is 0 Å². The molecule has 8 heteroatoms. The number of nitrogens with one attached hydrogen (secondary N) is 2. The van der Waals surface area contributed by atoms with Crippen molar-refractivity contribution in [1.29, 1.82) is 0 Å². The lowest BCUT2D eigenvalue weighted by molar-refractivity contribution is 0.0943. The Hall–Kier alpha value is -2.19. The molecule has 1 aliphatic carbocycles. The van der Waals surface area contributed by atoms with Crippen LogP contribution in [0.3, 0.4) is 0 Å². The van der Waals surface area contributed by atoms with Crippen LogP contribution >= 0.6 is 0 Å². The summed E-state index contributed by atoms with van der Waals surface area (Å²) in [5, 5.41) is 10.2. The third kappa shape index (κ3) is 4.53. The second-order valence-corrected chi connectivity index (χ2v) is 11.1. The van der Waals surface area contributed by atoms with Crippen LogP contribution in [0.2, 0.25) is 0 Å². The first-order valence-electron chi connectivity index (χ1n) is 9.86. The summed E-state index contributed by atoms with van der Waals surface area (Å²) in [6.45, 7) is 7.03. The molecule has 0 spiro atoms. The number of hydrogen-bond donors (Lipinski definition) is 2. The summed E-state index contributed by atoms with van der Waals surface area (Å²) in [5.41, 5.74) is 3.58. The van der Waals surface area contributed by atoms with Crippen molar-refractivity contribution >= 4 is 15.9 Å². The van der Waals surface area contributed by atoms with Gasteiger partial charge in [-0.2, -0.15) is 5.10 Å². The van der Waals surface area contributed by atoms with Crippen LogP contribution in [0.15, 0.2) is 29.2 Å². The number of amides is 1. The largest absolute Gasteiger partial charge is 0.347 e. The second kappa shape index (κ2) is 7.91. The number of aromatic nitrogens is 2. The fourth-order valence-electron chi connectivity index (χ4n) is 3.68. The fourth-order valence-corrected chi connectivity index (χ4v) is 4.58. The predicted octanol–water partition coefficient (Wildman–Crippen LogP) is 2.74. The van der Waals surface area contributed by atoms with Gasteiger partial charge < -0.3 is 5.32 Å². The van der Waals surface area contributed by atoms with Gasteiger partial charge in [0.1, 0.15) is 0 Å². The van der Waals surface area contributed by atoms with Gasteiger partial charge in [-0.25, -0.2) is 12.7 Å². The van der Waals surface area contributed by atoms with Crippen molar-refractivity contribution in [2.75, 3.05) is 14.1 Å². The number of carbonyl (C=O) groups excluding carboxylic acids is 1. The van der Waals surface area contributed by atoms with Crippen molar-refractivity contribution in [2.45, 2.75) is 51.5 Å². The van der Waals surface area contributed by atoms with Crippen molar-refractivity contribution in [3.8, 4) is 0 Å². The summed E-state index contributed by atoms with van der Waals surface area (Å²) in [6, 6.07) is 6.54. The van der Waals surface area contributed by atoms with E-state index in [0.717, 1.165) is 36.1 Å². The lowest BCUT2D eigenvalue weighted by Crippen LogP contribution is -2.29. The molecule has 1 amide bonds. The molecule has 3 rings (SSSR count). The Bertz CT molecular complexity index is 986. The van der Waals surface area contributed by atoms with E-state index in [-0.39, 0.29) is 16.2 Å². The number of aryl methyl sites for hydroxylation is 1. The molecule has 158 valence electrons. The lowest BCUT2D eigenvalue weighted by Gasteiger charge is -2.33. The van der Waals surface area contributed by atoms with Gasteiger partial charge in [0.05, 0.1) is 4.90 Å². The molecule has 0 fully saturated rings. The minimum absolute atomic E-state index is 0.192. The lowest BCUT2D eigenvalue weighted by atomic mass is 9.71. The molecule has 7 nitrogen and oxygen atoms in total. The molecule has 0 saturated carbocycles. The number of carbonyl (C=O) groups is 1. The summed E-state index contributed by atoms with van der Waals surface area (Å²) in [4.78, 5) is 13.0. The van der Waals surface area contributed by atoms with E-state index in [4.69, 9.17) is 0 Å². The Kier molecular flexibility index (Phi) is 5.87. The smallest absolute Gasteiger partial charge is 0.272 e. The summed E-state index contributed by atoms with van der Waals surface area (Å²) < 4.78 is 25.5. The van der Waals surface area contributed by atoms with Crippen molar-refractivity contribution in [3.05, 3.63) is 46.8 Å². The third-order valence-electron chi connectivity index (χ3n) is 5.74. The van der Waals surface area contributed by atoms with Gasteiger partial charge in [0.15, 0.2) is 5.69 Å². The SMILES string of the molecule is CN(C)S(=O)(=O)c1ccc(CNC(=O)c2n[nH]c3c2C[C@H](C(C)(C)C)CC3)cc1. The fraction of sp³-hybridized carbons (Fsp3) is 0.524. The van der Waals surface area contributed by atoms with E-state index in [1.807, 2.05) is 0 Å². The first-order valence-corrected chi connectivity index (χ1v) is 11.3. The van der Waals surface area contributed by atoms with Crippen molar-refractivity contribution in [2.24, 2.45) is 11.3 Å². The van der Waals surface area contributed by atoms with E-state index in [0.29, 0.717) is 18.2 Å². The molecule has 1 aromatic heterocycles. The Morgan fingerprint density at radius 3 is 2.48 bits per heavy atom. The van der Waals surface area contributed by atoms with Gasteiger partial charge in [-0.05, 0) is 48.3 Å². The molecule has 0 radical (unpaired) electrons. The molecule has 2 N–H and O–H groups in total. The average Bonchev–Trinajstić information content (AvgIpc) is 3.09. The monoisotopic (exact) mass is 418 g/mol. The molecule has 1 heterocycles. The highest BCUT2D eigenvalue weighted by molar-refractivity contribution is 7.89. The summed E-state index contributed by atoms with van der Waals surface area (Å²) >= 11 is 0. The van der Waals surface area contributed by atoms with E-state index in [1.165, 1.54) is 18.4 Å². The van der Waals surface area contributed by atoms with E-state index in [9.17, 15) is 13.2 Å². The first kappa shape index (κ1) is 21.5. The van der Waals surface area contributed by atoms with Crippen LogP contribution < -0.4 is 5.32 Å². The molecule has 0 bridgehead atoms. The van der Waals surface area contributed by atoms with Gasteiger partial charge in [0.25, 0.3) is 5.91 Å². The van der Waals surface area contributed by atoms with Gasteiger partial charge in [-0.3, -0.25) is 9.89 Å². The van der Waals surface area contributed by atoms with E-state index >= 15 is 0 Å². The van der Waals surface area contributed by atoms with Crippen molar-refractivity contribution in [3.63, 3.8) is 0 Å². The number of benzene rings is 1. The van der Waals surface area contributed by atoms with Crippen LogP contribution in [0.5, 0.6) is 0 Å². The minimum atomic E-state index is -3.46. The highest BCUT2D eigenvalue weighted by atomic mass is 32.2. The number of aromatic amines is 1. The Balaban J connectivity index is 1.68. The molecule has 1 aromatic carbocycles. The maximum atomic E-state index is 12.7. The minimum Gasteiger partial charge on any atom is -0.347 e. The summed E-state index contributed by atoms with van der Waals surface area (Å²) in [7, 11) is -0.460. The quantitative estimate of drug-likeness (QED) is 0.780. The van der Waals surface area contributed by atoms with Gasteiger partial charge in [-0.15, -0.1) is 0 Å². The number of H-pyrrole nitrogens is 1. The molecule has 29 heavy (non-hydrogen) atoms. The third-order valence-corrected chi connectivity index (χ3v) is 7.57. The van der Waals surface area contributed by atoms with Crippen LogP contribution in [0.25, 0.3) is 0 Å². The molecule has 1 aliphatic rings. The van der Waals surface area contributed by atoms with Gasteiger partial charge in [0.2, 0.25) is 10.0 Å². The molecule has 0 unspecified atom stereocenters. The van der Waals surface area contributed by atoms with E-state index in [1.54, 1.807) is 24.3 Å². The number of sulfonamides is 1. The average molecular weight is 419 g/mol. The summed E-state index contributed by atoms with van der Waals surface area (Å²) in [5.74, 6) is 0.312. The number of fused-ring (bicyclic) bond motifs is 1. The van der Waals surface area contributed by atoms with E-state index < -0.39 is 10.0 Å². The molecule has 1 atom stereocenters. The number of hydrogen-bond acceptors (Lipinski definition) is 4. The normalized spacial score (nSPS) is 17.2. The molecule has 0 saturated heterocycles. The zero-order chi connectivity index (χ0) is 21.4. The highest BCUT2D eigenvalue weighted by Gasteiger charge is 2.32. The van der Waals surface area contributed by atoms with Crippen LogP contribution in [0, 0.1) is 11.3 Å². The Morgan fingerprint density at radius 2 is 1.90 bits per heavy atom. The number of rotatable bonds is 5. The Labute approximate surface area is 172 Å². The zero-order valence-corrected chi connectivity index (χ0v) is 18.6. The topological polar surface area (TPSA) is 95.2 Å². The van der Waals surface area contributed by atoms with Gasteiger partial charge >= 0.3 is 0 Å². The second-order valence-electron chi connectivity index (χ2n) is 8.95. The zero-order valence-electron chi connectivity index (χ0n) is 17.7. The first-order chi connectivity index (χ1) is 13.5. The standard InChI is InChI=1S/C21H30N4O3S/c1-21(2,3)15-8-11-18-17(12-15)19(24-23-18)20(26)22-13-14-6-9-16(10-7-14)29(27,28)25(4)5/h6-7,9-10,15H,8,11-13H2,1-5H3,(H,22,26)(H,23,24)/t15-/m1/s1. The maximum absolute atomic E-state index is 12.7. The molecular weight excluding hydrogens is 388 g/mol. The summed E-state index contributed by atoms with van der Waals surface area (Å²) in [6.07, 6.45) is 2.87. The number of nitrogens with zero attached hydrogens (tertiary/aromatic N) is 2. The van der Waals surface area contributed by atoms with E-state index in [2.05, 4.69) is 36.3 Å². The van der Waals surface area contributed by atoms with Crippen molar-refractivity contribution in [1.82, 2.24) is 19.8 Å². The molecule has 0 aliphatic heterocycles.